The van der Waals surface area contributed by atoms with Gasteiger partial charge < -0.3 is 0 Å². The first kappa shape index (κ1) is 6.68. The van der Waals surface area contributed by atoms with Gasteiger partial charge in [-0.05, 0) is 0 Å². The molecule has 1 N–H and O–H groups in total. The maximum Gasteiger partial charge on any atom is 0.158 e. The third-order valence-corrected chi connectivity index (χ3v) is 2.63. The molecule has 0 radical (unpaired) electrons. The minimum atomic E-state index is -1.63. The van der Waals surface area contributed by atoms with Gasteiger partial charge in [0.1, 0.15) is 0 Å². The second-order valence-electron chi connectivity index (χ2n) is 1.74. The van der Waals surface area contributed by atoms with Gasteiger partial charge in [0.05, 0.1) is 13.3 Å². The lowest BCUT2D eigenvalue weighted by atomic mass is 11.8. The van der Waals surface area contributed by atoms with Crippen LogP contribution in [0.2, 0.25) is 0 Å². The van der Waals surface area contributed by atoms with E-state index in [2.05, 4.69) is 0 Å². The van der Waals surface area contributed by atoms with Crippen LogP contribution in [0.25, 0.3) is 0 Å². The lowest BCUT2D eigenvalue weighted by Gasteiger charge is -2.00. The van der Waals surface area contributed by atoms with Crippen molar-refractivity contribution < 1.29 is 4.89 Å². The quantitative estimate of drug-likeness (QED) is 0.417. The Morgan fingerprint density at radius 1 is 1.67 bits per heavy atom. The first-order valence-electron chi connectivity index (χ1n) is 1.68. The highest BCUT2D eigenvalue weighted by molar-refractivity contribution is 7.70. The minimum Gasteiger partial charge on any atom is -0.251 e. The Morgan fingerprint density at radius 2 is 1.83 bits per heavy atom. The van der Waals surface area contributed by atoms with Crippen LogP contribution in [-0.2, 0) is 0 Å². The molecule has 0 spiro atoms. The molecule has 0 atom stereocenters. The van der Waals surface area contributed by atoms with E-state index in [0.717, 1.165) is 0 Å². The number of hydrogen-bond acceptors (Lipinski definition) is 1. The van der Waals surface area contributed by atoms with Gasteiger partial charge in [-0.2, -0.15) is 0 Å². The molecule has 0 rings (SSSR count). The molecule has 0 fully saturated rings. The summed E-state index contributed by atoms with van der Waals surface area (Å²) in [7, 11) is -1.63. The van der Waals surface area contributed by atoms with Gasteiger partial charge in [-0.15, -0.1) is 0 Å². The third-order valence-electron chi connectivity index (χ3n) is 0.292. The van der Waals surface area contributed by atoms with E-state index in [1.165, 1.54) is 0 Å². The Bertz CT molecular complexity index is 40.5. The lowest BCUT2D eigenvalue weighted by molar-refractivity contribution is 0.618. The Kier molecular flexibility index (Phi) is 2.35. The lowest BCUT2D eigenvalue weighted by Crippen LogP contribution is -1.83. The number of rotatable bonds is 1. The van der Waals surface area contributed by atoms with Crippen molar-refractivity contribution in [3.05, 3.63) is 0 Å². The Hall–Kier alpha value is 0.680. The van der Waals surface area contributed by atoms with Crippen LogP contribution in [0.5, 0.6) is 0 Å². The summed E-state index contributed by atoms with van der Waals surface area (Å²) >= 11 is 5.28. The van der Waals surface area contributed by atoms with E-state index in [-0.39, 0.29) is 0 Å². The molecule has 0 aliphatic rings. The van der Waals surface area contributed by atoms with Crippen LogP contribution in [0.3, 0.4) is 0 Å². The van der Waals surface area contributed by atoms with Crippen molar-refractivity contribution in [1.29, 1.82) is 0 Å². The summed E-state index contributed by atoms with van der Waals surface area (Å²) in [6.07, 6.45) is 0. The van der Waals surface area contributed by atoms with E-state index in [0.29, 0.717) is 5.62 Å². The van der Waals surface area contributed by atoms with Crippen molar-refractivity contribution in [3.8, 4) is 0 Å². The number of alkyl halides is 1. The van der Waals surface area contributed by atoms with E-state index >= 15 is 0 Å². The Labute approximate surface area is 43.7 Å². The SMILES string of the molecule is C[P+](C)(O)CCl. The van der Waals surface area contributed by atoms with Crippen LogP contribution in [0.15, 0.2) is 0 Å². The second-order valence-corrected chi connectivity index (χ2v) is 5.94. The van der Waals surface area contributed by atoms with Gasteiger partial charge >= 0.3 is 0 Å². The highest BCUT2D eigenvalue weighted by atomic mass is 35.5. The van der Waals surface area contributed by atoms with Crippen LogP contribution >= 0.6 is 19.1 Å². The number of halogens is 1. The molecule has 0 aliphatic heterocycles. The van der Waals surface area contributed by atoms with Gasteiger partial charge in [0.15, 0.2) is 13.1 Å². The van der Waals surface area contributed by atoms with Gasteiger partial charge in [0, 0.05) is 0 Å². The summed E-state index contributed by atoms with van der Waals surface area (Å²) in [5.74, 6) is 0. The molecule has 0 amide bonds. The van der Waals surface area contributed by atoms with Crippen LogP contribution in [0.1, 0.15) is 0 Å². The molecule has 6 heavy (non-hydrogen) atoms. The smallest absolute Gasteiger partial charge is 0.158 e. The van der Waals surface area contributed by atoms with Gasteiger partial charge in [-0.1, -0.05) is 11.6 Å². The predicted octanol–water partition coefficient (Wildman–Crippen LogP) is 1.37. The van der Waals surface area contributed by atoms with E-state index in [9.17, 15) is 0 Å². The fourth-order valence-electron chi connectivity index (χ4n) is 0. The summed E-state index contributed by atoms with van der Waals surface area (Å²) in [5, 5.41) is 0. The summed E-state index contributed by atoms with van der Waals surface area (Å²) in [5.41, 5.74) is 0.410. The normalized spacial score (nSPS) is 12.0. The zero-order valence-electron chi connectivity index (χ0n) is 3.98. The first-order chi connectivity index (χ1) is 2.56. The minimum absolute atomic E-state index is 0.410. The van der Waals surface area contributed by atoms with Crippen molar-refractivity contribution in [2.24, 2.45) is 0 Å². The summed E-state index contributed by atoms with van der Waals surface area (Å²) < 4.78 is 0. The van der Waals surface area contributed by atoms with Crippen LogP contribution in [-0.4, -0.2) is 23.8 Å². The highest BCUT2D eigenvalue weighted by Gasteiger charge is 2.17. The average Bonchev–Trinajstić information content (AvgIpc) is 1.35. The summed E-state index contributed by atoms with van der Waals surface area (Å²) in [6.45, 7) is 3.56. The molecule has 0 aromatic rings. The van der Waals surface area contributed by atoms with Gasteiger partial charge in [0.2, 0.25) is 0 Å². The van der Waals surface area contributed by atoms with E-state index in [1.807, 2.05) is 0 Å². The van der Waals surface area contributed by atoms with Crippen molar-refractivity contribution in [3.63, 3.8) is 0 Å². The maximum atomic E-state index is 8.81. The molecule has 0 heterocycles. The second kappa shape index (κ2) is 2.11. The maximum absolute atomic E-state index is 8.81. The highest BCUT2D eigenvalue weighted by Crippen LogP contribution is 2.46. The molecular weight excluding hydrogens is 118 g/mol. The molecule has 0 saturated heterocycles. The molecule has 0 aromatic heterocycles. The molecule has 0 unspecified atom stereocenters. The number of hydrogen-bond donors (Lipinski definition) is 1. The molecule has 0 saturated carbocycles. The van der Waals surface area contributed by atoms with E-state index < -0.39 is 7.49 Å². The zero-order valence-corrected chi connectivity index (χ0v) is 5.63. The standard InChI is InChI=1S/C3H9ClOP/c1-6(2,5)3-4/h5H,3H2,1-2H3/q+1. The third kappa shape index (κ3) is 4.68. The molecule has 3 heteroatoms. The van der Waals surface area contributed by atoms with Crippen LogP contribution in [0.4, 0.5) is 0 Å². The Balaban J connectivity index is 3.17. The van der Waals surface area contributed by atoms with Crippen molar-refractivity contribution in [2.45, 2.75) is 0 Å². The fourth-order valence-corrected chi connectivity index (χ4v) is 0. The van der Waals surface area contributed by atoms with Crippen molar-refractivity contribution >= 4 is 19.1 Å². The van der Waals surface area contributed by atoms with Crippen molar-refractivity contribution in [1.82, 2.24) is 0 Å². The van der Waals surface area contributed by atoms with Gasteiger partial charge in [-0.25, -0.2) is 0 Å². The molecular formula is C3H9ClOP+. The van der Waals surface area contributed by atoms with Crippen molar-refractivity contribution in [2.75, 3.05) is 19.0 Å². The predicted molar refractivity (Wildman–Crippen MR) is 31.7 cm³/mol. The van der Waals surface area contributed by atoms with Crippen LogP contribution in [0, 0.1) is 0 Å². The summed E-state index contributed by atoms with van der Waals surface area (Å²) in [6, 6.07) is 0. The average molecular weight is 128 g/mol. The topological polar surface area (TPSA) is 20.2 Å². The molecule has 0 aromatic carbocycles. The van der Waals surface area contributed by atoms with Gasteiger partial charge in [0.25, 0.3) is 0 Å². The zero-order chi connectivity index (χ0) is 5.21. The molecule has 38 valence electrons. The van der Waals surface area contributed by atoms with Crippen LogP contribution < -0.4 is 0 Å². The largest absolute Gasteiger partial charge is 0.251 e. The molecule has 0 aliphatic carbocycles. The van der Waals surface area contributed by atoms with E-state index in [1.54, 1.807) is 13.3 Å². The molecule has 1 nitrogen and oxygen atoms in total. The van der Waals surface area contributed by atoms with Gasteiger partial charge in [-0.3, -0.25) is 4.89 Å². The molecule has 0 bridgehead atoms. The summed E-state index contributed by atoms with van der Waals surface area (Å²) in [4.78, 5) is 8.81. The monoisotopic (exact) mass is 127 g/mol. The fraction of sp³-hybridized carbons (Fsp3) is 1.00. The van der Waals surface area contributed by atoms with E-state index in [4.69, 9.17) is 16.5 Å². The Morgan fingerprint density at radius 3 is 1.83 bits per heavy atom. The first-order valence-corrected chi connectivity index (χ1v) is 5.03.